The van der Waals surface area contributed by atoms with E-state index in [-0.39, 0.29) is 24.8 Å². The van der Waals surface area contributed by atoms with Crippen LogP contribution in [0.15, 0.2) is 78.9 Å². The van der Waals surface area contributed by atoms with Crippen LogP contribution < -0.4 is 20.1 Å². The topological polar surface area (TPSA) is 76.7 Å². The molecule has 0 radical (unpaired) electrons. The SMILES string of the molecule is COc1ccccc1C(=O)NCCC(=O)Nc1ccc(Oc2ccccc2)cc1. The highest BCUT2D eigenvalue weighted by atomic mass is 16.5. The Labute approximate surface area is 169 Å². The van der Waals surface area contributed by atoms with Crippen molar-refractivity contribution in [3.8, 4) is 17.2 Å². The van der Waals surface area contributed by atoms with E-state index in [2.05, 4.69) is 10.6 Å². The van der Waals surface area contributed by atoms with Crippen LogP contribution in [0.4, 0.5) is 5.69 Å². The molecule has 0 aliphatic heterocycles. The van der Waals surface area contributed by atoms with Gasteiger partial charge in [0.1, 0.15) is 17.2 Å². The van der Waals surface area contributed by atoms with Gasteiger partial charge in [0.05, 0.1) is 12.7 Å². The minimum absolute atomic E-state index is 0.156. The highest BCUT2D eigenvalue weighted by Crippen LogP contribution is 2.22. The summed E-state index contributed by atoms with van der Waals surface area (Å²) in [5.74, 6) is 1.44. The van der Waals surface area contributed by atoms with Gasteiger partial charge in [-0.3, -0.25) is 9.59 Å². The highest BCUT2D eigenvalue weighted by Gasteiger charge is 2.11. The number of hydrogen-bond donors (Lipinski definition) is 2. The number of amides is 2. The first-order valence-corrected chi connectivity index (χ1v) is 9.20. The highest BCUT2D eigenvalue weighted by molar-refractivity contribution is 5.97. The van der Waals surface area contributed by atoms with Crippen molar-refractivity contribution in [2.75, 3.05) is 19.0 Å². The zero-order valence-corrected chi connectivity index (χ0v) is 16.1. The van der Waals surface area contributed by atoms with Crippen LogP contribution >= 0.6 is 0 Å². The maximum atomic E-state index is 12.2. The van der Waals surface area contributed by atoms with Crippen molar-refractivity contribution in [1.82, 2.24) is 5.32 Å². The summed E-state index contributed by atoms with van der Waals surface area (Å²) in [6, 6.07) is 23.5. The van der Waals surface area contributed by atoms with Crippen molar-refractivity contribution < 1.29 is 19.1 Å². The molecule has 0 spiro atoms. The third-order valence-corrected chi connectivity index (χ3v) is 4.11. The Morgan fingerprint density at radius 2 is 1.48 bits per heavy atom. The summed E-state index contributed by atoms with van der Waals surface area (Å²) in [5.41, 5.74) is 1.09. The second-order valence-electron chi connectivity index (χ2n) is 6.19. The quantitative estimate of drug-likeness (QED) is 0.603. The molecule has 0 aliphatic carbocycles. The molecule has 0 saturated heterocycles. The number of para-hydroxylation sites is 2. The second-order valence-corrected chi connectivity index (χ2v) is 6.19. The van der Waals surface area contributed by atoms with Gasteiger partial charge in [0.15, 0.2) is 0 Å². The molecule has 0 aliphatic rings. The summed E-state index contributed by atoms with van der Waals surface area (Å²) < 4.78 is 10.9. The minimum atomic E-state index is -0.280. The summed E-state index contributed by atoms with van der Waals surface area (Å²) in [6.45, 7) is 0.220. The normalized spacial score (nSPS) is 10.1. The van der Waals surface area contributed by atoms with Crippen molar-refractivity contribution in [1.29, 1.82) is 0 Å². The fraction of sp³-hybridized carbons (Fsp3) is 0.130. The summed E-state index contributed by atoms with van der Waals surface area (Å²) in [7, 11) is 1.51. The van der Waals surface area contributed by atoms with E-state index in [0.29, 0.717) is 22.7 Å². The largest absolute Gasteiger partial charge is 0.496 e. The molecule has 0 unspecified atom stereocenters. The van der Waals surface area contributed by atoms with Gasteiger partial charge in [0.25, 0.3) is 5.91 Å². The molecule has 0 saturated carbocycles. The fourth-order valence-corrected chi connectivity index (χ4v) is 2.67. The maximum Gasteiger partial charge on any atom is 0.255 e. The first-order valence-electron chi connectivity index (χ1n) is 9.20. The van der Waals surface area contributed by atoms with Gasteiger partial charge < -0.3 is 20.1 Å². The lowest BCUT2D eigenvalue weighted by Crippen LogP contribution is -2.28. The molecule has 3 rings (SSSR count). The van der Waals surface area contributed by atoms with E-state index in [4.69, 9.17) is 9.47 Å². The first kappa shape index (κ1) is 19.9. The number of nitrogens with one attached hydrogen (secondary N) is 2. The number of anilines is 1. The van der Waals surface area contributed by atoms with Crippen LogP contribution in [0.1, 0.15) is 16.8 Å². The lowest BCUT2D eigenvalue weighted by molar-refractivity contribution is -0.116. The molecule has 2 amide bonds. The summed E-state index contributed by atoms with van der Waals surface area (Å²) >= 11 is 0. The number of rotatable bonds is 8. The van der Waals surface area contributed by atoms with E-state index in [1.807, 2.05) is 30.3 Å². The van der Waals surface area contributed by atoms with Crippen LogP contribution in [0.5, 0.6) is 17.2 Å². The molecular formula is C23H22N2O4. The van der Waals surface area contributed by atoms with Crippen molar-refractivity contribution in [2.45, 2.75) is 6.42 Å². The Morgan fingerprint density at radius 1 is 0.828 bits per heavy atom. The van der Waals surface area contributed by atoms with Crippen LogP contribution in [-0.2, 0) is 4.79 Å². The average Bonchev–Trinajstić information content (AvgIpc) is 2.75. The van der Waals surface area contributed by atoms with Crippen LogP contribution in [-0.4, -0.2) is 25.5 Å². The Kier molecular flexibility index (Phi) is 6.84. The van der Waals surface area contributed by atoms with E-state index in [1.165, 1.54) is 7.11 Å². The predicted molar refractivity (Wildman–Crippen MR) is 112 cm³/mol. The Morgan fingerprint density at radius 3 is 2.21 bits per heavy atom. The third kappa shape index (κ3) is 5.84. The van der Waals surface area contributed by atoms with Gasteiger partial charge in [-0.25, -0.2) is 0 Å². The molecule has 3 aromatic carbocycles. The molecule has 2 N–H and O–H groups in total. The van der Waals surface area contributed by atoms with Crippen molar-refractivity contribution >= 4 is 17.5 Å². The Hall–Kier alpha value is -3.80. The van der Waals surface area contributed by atoms with Gasteiger partial charge in [-0.2, -0.15) is 0 Å². The van der Waals surface area contributed by atoms with Gasteiger partial charge in [-0.15, -0.1) is 0 Å². The zero-order chi connectivity index (χ0) is 20.5. The smallest absolute Gasteiger partial charge is 0.255 e. The average molecular weight is 390 g/mol. The fourth-order valence-electron chi connectivity index (χ4n) is 2.67. The van der Waals surface area contributed by atoms with Crippen LogP contribution in [0, 0.1) is 0 Å². The molecule has 0 heterocycles. The maximum absolute atomic E-state index is 12.2. The lowest BCUT2D eigenvalue weighted by atomic mass is 10.2. The number of carbonyl (C=O) groups is 2. The van der Waals surface area contributed by atoms with Crippen molar-refractivity contribution in [3.63, 3.8) is 0 Å². The van der Waals surface area contributed by atoms with E-state index < -0.39 is 0 Å². The van der Waals surface area contributed by atoms with Gasteiger partial charge >= 0.3 is 0 Å². The van der Waals surface area contributed by atoms with Crippen LogP contribution in [0.2, 0.25) is 0 Å². The molecular weight excluding hydrogens is 368 g/mol. The lowest BCUT2D eigenvalue weighted by Gasteiger charge is -2.10. The molecule has 0 atom stereocenters. The Bertz CT molecular complexity index is 956. The minimum Gasteiger partial charge on any atom is -0.496 e. The molecule has 148 valence electrons. The van der Waals surface area contributed by atoms with Gasteiger partial charge in [0, 0.05) is 18.7 Å². The number of benzene rings is 3. The van der Waals surface area contributed by atoms with E-state index in [9.17, 15) is 9.59 Å². The number of ether oxygens (including phenoxy) is 2. The van der Waals surface area contributed by atoms with E-state index in [0.717, 1.165) is 5.75 Å². The predicted octanol–water partition coefficient (Wildman–Crippen LogP) is 4.25. The molecule has 0 fully saturated rings. The molecule has 3 aromatic rings. The second kappa shape index (κ2) is 9.94. The first-order chi connectivity index (χ1) is 14.2. The van der Waals surface area contributed by atoms with Gasteiger partial charge in [-0.05, 0) is 48.5 Å². The van der Waals surface area contributed by atoms with Crippen LogP contribution in [0.25, 0.3) is 0 Å². The van der Waals surface area contributed by atoms with E-state index >= 15 is 0 Å². The number of hydrogen-bond acceptors (Lipinski definition) is 4. The number of carbonyl (C=O) groups excluding carboxylic acids is 2. The third-order valence-electron chi connectivity index (χ3n) is 4.11. The van der Waals surface area contributed by atoms with Gasteiger partial charge in [-0.1, -0.05) is 30.3 Å². The summed E-state index contributed by atoms with van der Waals surface area (Å²) in [5, 5.41) is 5.53. The number of methoxy groups -OCH3 is 1. The molecule has 0 bridgehead atoms. The van der Waals surface area contributed by atoms with E-state index in [1.54, 1.807) is 48.5 Å². The monoisotopic (exact) mass is 390 g/mol. The van der Waals surface area contributed by atoms with Crippen molar-refractivity contribution in [2.24, 2.45) is 0 Å². The molecule has 0 aromatic heterocycles. The zero-order valence-electron chi connectivity index (χ0n) is 16.1. The summed E-state index contributed by atoms with van der Waals surface area (Å²) in [4.78, 5) is 24.3. The Balaban J connectivity index is 1.45. The summed E-state index contributed by atoms with van der Waals surface area (Å²) in [6.07, 6.45) is 0.156. The standard InChI is InChI=1S/C23H22N2O4/c1-28-21-10-6-5-9-20(21)23(27)24-16-15-22(26)25-17-11-13-19(14-12-17)29-18-7-3-2-4-8-18/h2-14H,15-16H2,1H3,(H,24,27)(H,25,26). The van der Waals surface area contributed by atoms with Crippen LogP contribution in [0.3, 0.4) is 0 Å². The molecule has 6 heteroatoms. The van der Waals surface area contributed by atoms with Crippen molar-refractivity contribution in [3.05, 3.63) is 84.4 Å². The van der Waals surface area contributed by atoms with Gasteiger partial charge in [0.2, 0.25) is 5.91 Å². The molecule has 29 heavy (non-hydrogen) atoms. The molecule has 6 nitrogen and oxygen atoms in total.